The summed E-state index contributed by atoms with van der Waals surface area (Å²) in [6.07, 6.45) is 0. The van der Waals surface area contributed by atoms with Gasteiger partial charge < -0.3 is 10.1 Å². The standard InChI is InChI=1S/C12H15FN2O3/c1-7(2)10(12(17)18-3)15-11(16)8-5-4-6-9(13)14-8/h4-7,10H,1-3H3,(H,15,16). The molecule has 1 aromatic rings. The molecule has 0 aliphatic carbocycles. The summed E-state index contributed by atoms with van der Waals surface area (Å²) in [7, 11) is 1.24. The van der Waals surface area contributed by atoms with Crippen molar-refractivity contribution in [1.82, 2.24) is 10.3 Å². The number of ether oxygens (including phenoxy) is 1. The van der Waals surface area contributed by atoms with Gasteiger partial charge in [0, 0.05) is 0 Å². The van der Waals surface area contributed by atoms with Gasteiger partial charge in [-0.3, -0.25) is 4.79 Å². The maximum atomic E-state index is 12.9. The van der Waals surface area contributed by atoms with E-state index >= 15 is 0 Å². The fourth-order valence-corrected chi connectivity index (χ4v) is 1.37. The molecule has 0 aliphatic heterocycles. The summed E-state index contributed by atoms with van der Waals surface area (Å²) in [6.45, 7) is 3.53. The van der Waals surface area contributed by atoms with E-state index in [1.54, 1.807) is 13.8 Å². The van der Waals surface area contributed by atoms with Crippen LogP contribution in [0.4, 0.5) is 4.39 Å². The van der Waals surface area contributed by atoms with Crippen molar-refractivity contribution in [3.63, 3.8) is 0 Å². The first-order valence-corrected chi connectivity index (χ1v) is 5.47. The Labute approximate surface area is 104 Å². The van der Waals surface area contributed by atoms with E-state index in [-0.39, 0.29) is 11.6 Å². The summed E-state index contributed by atoms with van der Waals surface area (Å²) in [4.78, 5) is 26.7. The quantitative estimate of drug-likeness (QED) is 0.646. The first-order chi connectivity index (χ1) is 8.45. The number of halogens is 1. The molecule has 0 saturated heterocycles. The first-order valence-electron chi connectivity index (χ1n) is 5.47. The fourth-order valence-electron chi connectivity index (χ4n) is 1.37. The van der Waals surface area contributed by atoms with E-state index in [1.807, 2.05) is 0 Å². The fraction of sp³-hybridized carbons (Fsp3) is 0.417. The average Bonchev–Trinajstić information content (AvgIpc) is 2.34. The lowest BCUT2D eigenvalue weighted by atomic mass is 10.0. The van der Waals surface area contributed by atoms with E-state index in [4.69, 9.17) is 0 Å². The molecule has 0 saturated carbocycles. The maximum Gasteiger partial charge on any atom is 0.328 e. The van der Waals surface area contributed by atoms with Crippen molar-refractivity contribution in [2.75, 3.05) is 7.11 Å². The van der Waals surface area contributed by atoms with Crippen LogP contribution >= 0.6 is 0 Å². The number of nitrogens with one attached hydrogen (secondary N) is 1. The predicted molar refractivity (Wildman–Crippen MR) is 62.3 cm³/mol. The minimum Gasteiger partial charge on any atom is -0.467 e. The predicted octanol–water partition coefficient (Wildman–Crippen LogP) is 1.15. The smallest absolute Gasteiger partial charge is 0.328 e. The Morgan fingerprint density at radius 2 is 2.06 bits per heavy atom. The van der Waals surface area contributed by atoms with Gasteiger partial charge in [-0.05, 0) is 18.1 Å². The van der Waals surface area contributed by atoms with Crippen molar-refractivity contribution in [2.24, 2.45) is 5.92 Å². The third-order valence-electron chi connectivity index (χ3n) is 2.36. The molecule has 1 atom stereocenters. The number of carbonyl (C=O) groups is 2. The Bertz CT molecular complexity index is 449. The van der Waals surface area contributed by atoms with Crippen LogP contribution in [0.1, 0.15) is 24.3 Å². The Morgan fingerprint density at radius 1 is 1.39 bits per heavy atom. The van der Waals surface area contributed by atoms with Gasteiger partial charge in [-0.2, -0.15) is 4.39 Å². The zero-order valence-corrected chi connectivity index (χ0v) is 10.4. The zero-order chi connectivity index (χ0) is 13.7. The minimum absolute atomic E-state index is 0.0791. The molecule has 5 nitrogen and oxygen atoms in total. The molecule has 0 spiro atoms. The molecule has 98 valence electrons. The molecule has 0 radical (unpaired) electrons. The summed E-state index contributed by atoms with van der Waals surface area (Å²) >= 11 is 0. The highest BCUT2D eigenvalue weighted by Crippen LogP contribution is 2.05. The van der Waals surface area contributed by atoms with Gasteiger partial charge in [-0.15, -0.1) is 0 Å². The van der Waals surface area contributed by atoms with Crippen molar-refractivity contribution in [3.05, 3.63) is 29.8 Å². The van der Waals surface area contributed by atoms with E-state index in [1.165, 1.54) is 19.2 Å². The number of pyridine rings is 1. The lowest BCUT2D eigenvalue weighted by Crippen LogP contribution is -2.45. The van der Waals surface area contributed by atoms with Crippen LogP contribution < -0.4 is 5.32 Å². The number of nitrogens with zero attached hydrogens (tertiary/aromatic N) is 1. The van der Waals surface area contributed by atoms with Crippen LogP contribution in [-0.4, -0.2) is 30.0 Å². The van der Waals surface area contributed by atoms with Crippen LogP contribution in [0.5, 0.6) is 0 Å². The molecule has 6 heteroatoms. The molecule has 1 rings (SSSR count). The number of esters is 1. The monoisotopic (exact) mass is 254 g/mol. The third-order valence-corrected chi connectivity index (χ3v) is 2.36. The number of hydrogen-bond donors (Lipinski definition) is 1. The van der Waals surface area contributed by atoms with Gasteiger partial charge in [0.05, 0.1) is 7.11 Å². The third kappa shape index (κ3) is 3.51. The van der Waals surface area contributed by atoms with E-state index in [9.17, 15) is 14.0 Å². The minimum atomic E-state index is -0.785. The Kier molecular flexibility index (Phi) is 4.76. The average molecular weight is 254 g/mol. The van der Waals surface area contributed by atoms with Gasteiger partial charge in [-0.25, -0.2) is 9.78 Å². The number of hydrogen-bond acceptors (Lipinski definition) is 4. The second-order valence-corrected chi connectivity index (χ2v) is 4.06. The Balaban J connectivity index is 2.82. The van der Waals surface area contributed by atoms with Gasteiger partial charge in [0.2, 0.25) is 5.95 Å². The molecule has 0 bridgehead atoms. The molecule has 1 aromatic heterocycles. The van der Waals surface area contributed by atoms with Crippen molar-refractivity contribution in [2.45, 2.75) is 19.9 Å². The Morgan fingerprint density at radius 3 is 2.56 bits per heavy atom. The maximum absolute atomic E-state index is 12.9. The SMILES string of the molecule is COC(=O)C(NC(=O)c1cccc(F)n1)C(C)C. The molecule has 0 aliphatic rings. The molecule has 18 heavy (non-hydrogen) atoms. The van der Waals surface area contributed by atoms with E-state index in [0.717, 1.165) is 6.07 Å². The van der Waals surface area contributed by atoms with Crippen LogP contribution in [0.3, 0.4) is 0 Å². The highest BCUT2D eigenvalue weighted by molar-refractivity contribution is 5.95. The molecule has 0 fully saturated rings. The number of carbonyl (C=O) groups excluding carboxylic acids is 2. The number of aromatic nitrogens is 1. The van der Waals surface area contributed by atoms with Crippen LogP contribution in [0.2, 0.25) is 0 Å². The van der Waals surface area contributed by atoms with Crippen LogP contribution in [0, 0.1) is 11.9 Å². The largest absolute Gasteiger partial charge is 0.467 e. The first kappa shape index (κ1) is 14.1. The number of amides is 1. The Hall–Kier alpha value is -1.98. The van der Waals surface area contributed by atoms with Crippen molar-refractivity contribution >= 4 is 11.9 Å². The topological polar surface area (TPSA) is 68.3 Å². The lowest BCUT2D eigenvalue weighted by Gasteiger charge is -2.19. The lowest BCUT2D eigenvalue weighted by molar-refractivity contribution is -0.144. The molecule has 1 amide bonds. The molecule has 1 unspecified atom stereocenters. The van der Waals surface area contributed by atoms with Gasteiger partial charge in [0.15, 0.2) is 0 Å². The number of methoxy groups -OCH3 is 1. The normalized spacial score (nSPS) is 12.1. The molecule has 0 aromatic carbocycles. The zero-order valence-electron chi connectivity index (χ0n) is 10.4. The van der Waals surface area contributed by atoms with E-state index in [0.29, 0.717) is 0 Å². The van der Waals surface area contributed by atoms with E-state index < -0.39 is 23.9 Å². The summed E-state index contributed by atoms with van der Waals surface area (Å²) in [6, 6.07) is 3.09. The van der Waals surface area contributed by atoms with E-state index in [2.05, 4.69) is 15.0 Å². The molecular weight excluding hydrogens is 239 g/mol. The molecular formula is C12H15FN2O3. The number of rotatable bonds is 4. The highest BCUT2D eigenvalue weighted by atomic mass is 19.1. The van der Waals surface area contributed by atoms with Gasteiger partial charge >= 0.3 is 5.97 Å². The molecule has 1 heterocycles. The summed E-state index contributed by atoms with van der Waals surface area (Å²) < 4.78 is 17.5. The summed E-state index contributed by atoms with van der Waals surface area (Å²) in [5.41, 5.74) is -0.0791. The second kappa shape index (κ2) is 6.09. The van der Waals surface area contributed by atoms with Crippen molar-refractivity contribution < 1.29 is 18.7 Å². The van der Waals surface area contributed by atoms with Crippen LogP contribution in [0.25, 0.3) is 0 Å². The van der Waals surface area contributed by atoms with Gasteiger partial charge in [0.1, 0.15) is 11.7 Å². The molecule has 1 N–H and O–H groups in total. The van der Waals surface area contributed by atoms with Crippen molar-refractivity contribution in [1.29, 1.82) is 0 Å². The summed E-state index contributed by atoms with van der Waals surface area (Å²) in [5, 5.41) is 2.47. The van der Waals surface area contributed by atoms with Crippen molar-refractivity contribution in [3.8, 4) is 0 Å². The summed E-state index contributed by atoms with van der Waals surface area (Å²) in [5.74, 6) is -2.05. The van der Waals surface area contributed by atoms with Crippen LogP contribution in [0.15, 0.2) is 18.2 Å². The highest BCUT2D eigenvalue weighted by Gasteiger charge is 2.25. The van der Waals surface area contributed by atoms with Gasteiger partial charge in [0.25, 0.3) is 5.91 Å². The van der Waals surface area contributed by atoms with Gasteiger partial charge in [-0.1, -0.05) is 19.9 Å². The van der Waals surface area contributed by atoms with Crippen LogP contribution in [-0.2, 0) is 9.53 Å². The second-order valence-electron chi connectivity index (χ2n) is 4.06.